The predicted octanol–water partition coefficient (Wildman–Crippen LogP) is 4.15. The number of hydrogen-bond donors (Lipinski definition) is 3. The summed E-state index contributed by atoms with van der Waals surface area (Å²) >= 11 is 0. The van der Waals surface area contributed by atoms with Crippen molar-refractivity contribution in [2.45, 2.75) is 45.1 Å². The first-order chi connectivity index (χ1) is 21.4. The molecule has 10 nitrogen and oxygen atoms in total. The summed E-state index contributed by atoms with van der Waals surface area (Å²) in [6.45, 7) is 2.02. The number of nitrogens with one attached hydrogen (secondary N) is 2. The van der Waals surface area contributed by atoms with E-state index in [0.717, 1.165) is 25.7 Å². The van der Waals surface area contributed by atoms with Crippen molar-refractivity contribution >= 4 is 34.1 Å². The average Bonchev–Trinajstić information content (AvgIpc) is 3.39. The summed E-state index contributed by atoms with van der Waals surface area (Å²) in [5, 5.41) is 11.3. The summed E-state index contributed by atoms with van der Waals surface area (Å²) in [4.78, 5) is 44.5. The maximum Gasteiger partial charge on any atom is 0.264 e. The van der Waals surface area contributed by atoms with Gasteiger partial charge in [-0.1, -0.05) is 61.4 Å². The molecular formula is C34H33N7O3. The van der Waals surface area contributed by atoms with Crippen LogP contribution in [0.15, 0.2) is 77.9 Å². The number of anilines is 1. The van der Waals surface area contributed by atoms with Gasteiger partial charge < -0.3 is 16.4 Å². The molecule has 1 fully saturated rings. The third-order valence-corrected chi connectivity index (χ3v) is 8.08. The fourth-order valence-electron chi connectivity index (χ4n) is 5.89. The lowest BCUT2D eigenvalue weighted by Crippen LogP contribution is -2.32. The summed E-state index contributed by atoms with van der Waals surface area (Å²) in [5.74, 6) is 5.86. The molecule has 2 aromatic carbocycles. The Morgan fingerprint density at radius 1 is 1.07 bits per heavy atom. The van der Waals surface area contributed by atoms with Crippen LogP contribution in [0.4, 0.5) is 5.82 Å². The van der Waals surface area contributed by atoms with Crippen molar-refractivity contribution in [3.8, 4) is 17.5 Å². The zero-order chi connectivity index (χ0) is 30.6. The molecule has 1 atom stereocenters. The quantitative estimate of drug-likeness (QED) is 0.255. The van der Waals surface area contributed by atoms with E-state index >= 15 is 0 Å². The highest BCUT2D eigenvalue weighted by Gasteiger charge is 2.24. The highest BCUT2D eigenvalue weighted by molar-refractivity contribution is 6.04. The molecule has 0 radical (unpaired) electrons. The van der Waals surface area contributed by atoms with Crippen LogP contribution < -0.4 is 21.9 Å². The maximum atomic E-state index is 14.2. The zero-order valence-corrected chi connectivity index (χ0v) is 24.4. The van der Waals surface area contributed by atoms with E-state index in [1.54, 1.807) is 29.1 Å². The molecule has 3 aromatic heterocycles. The molecule has 1 aliphatic carbocycles. The van der Waals surface area contributed by atoms with Crippen LogP contribution in [-0.2, 0) is 4.79 Å². The van der Waals surface area contributed by atoms with Crippen molar-refractivity contribution in [1.29, 1.82) is 0 Å². The van der Waals surface area contributed by atoms with E-state index in [4.69, 9.17) is 5.73 Å². The zero-order valence-electron chi connectivity index (χ0n) is 24.4. The number of nitrogens with two attached hydrogens (primary N) is 1. The molecule has 0 spiro atoms. The number of benzene rings is 2. The van der Waals surface area contributed by atoms with Gasteiger partial charge in [0.25, 0.3) is 11.5 Å². The van der Waals surface area contributed by atoms with E-state index in [-0.39, 0.29) is 35.3 Å². The number of aromatic nitrogens is 4. The third-order valence-electron chi connectivity index (χ3n) is 8.08. The van der Waals surface area contributed by atoms with Crippen molar-refractivity contribution in [2.24, 2.45) is 5.92 Å². The first-order valence-electron chi connectivity index (χ1n) is 14.8. The van der Waals surface area contributed by atoms with Gasteiger partial charge in [-0.15, -0.1) is 5.10 Å². The van der Waals surface area contributed by atoms with Crippen LogP contribution in [0.5, 0.6) is 0 Å². The second-order valence-corrected chi connectivity index (χ2v) is 11.0. The van der Waals surface area contributed by atoms with Gasteiger partial charge in [-0.05, 0) is 55.5 Å². The monoisotopic (exact) mass is 587 g/mol. The lowest BCUT2D eigenvalue weighted by Gasteiger charge is -2.21. The average molecular weight is 588 g/mol. The van der Waals surface area contributed by atoms with Crippen molar-refractivity contribution in [3.05, 3.63) is 100 Å². The van der Waals surface area contributed by atoms with Gasteiger partial charge >= 0.3 is 0 Å². The summed E-state index contributed by atoms with van der Waals surface area (Å²) in [6.07, 6.45) is 8.44. The molecule has 0 saturated heterocycles. The van der Waals surface area contributed by atoms with Gasteiger partial charge in [-0.3, -0.25) is 19.0 Å². The molecule has 1 aliphatic rings. The normalized spacial score (nSPS) is 14.1. The summed E-state index contributed by atoms with van der Waals surface area (Å²) in [5.41, 5.74) is 8.12. The Balaban J connectivity index is 1.34. The Labute approximate surface area is 254 Å². The smallest absolute Gasteiger partial charge is 0.264 e. The second kappa shape index (κ2) is 12.4. The number of carbonyl (C=O) groups excluding carboxylic acids is 2. The van der Waals surface area contributed by atoms with Crippen molar-refractivity contribution in [3.63, 3.8) is 0 Å². The molecule has 222 valence electrons. The summed E-state index contributed by atoms with van der Waals surface area (Å²) in [7, 11) is 0. The van der Waals surface area contributed by atoms with Crippen molar-refractivity contribution in [1.82, 2.24) is 29.8 Å². The Morgan fingerprint density at radius 2 is 1.86 bits per heavy atom. The number of amides is 2. The van der Waals surface area contributed by atoms with E-state index in [0.29, 0.717) is 33.4 Å². The molecular weight excluding hydrogens is 554 g/mol. The minimum absolute atomic E-state index is 0.0469. The highest BCUT2D eigenvalue weighted by Crippen LogP contribution is 2.25. The van der Waals surface area contributed by atoms with E-state index in [9.17, 15) is 14.4 Å². The number of carbonyl (C=O) groups is 2. The van der Waals surface area contributed by atoms with Crippen molar-refractivity contribution in [2.75, 3.05) is 12.3 Å². The second-order valence-electron chi connectivity index (χ2n) is 11.0. The van der Waals surface area contributed by atoms with Gasteiger partial charge in [0, 0.05) is 35.3 Å². The summed E-state index contributed by atoms with van der Waals surface area (Å²) in [6, 6.07) is 17.8. The number of nitrogens with zero attached hydrogens (tertiary/aromatic N) is 4. The number of fused-ring (bicyclic) bond motifs is 2. The van der Waals surface area contributed by atoms with Crippen LogP contribution in [-0.4, -0.2) is 37.5 Å². The van der Waals surface area contributed by atoms with Crippen LogP contribution in [0.1, 0.15) is 66.7 Å². The number of rotatable bonds is 6. The van der Waals surface area contributed by atoms with Crippen LogP contribution >= 0.6 is 0 Å². The molecule has 0 aliphatic heterocycles. The van der Waals surface area contributed by atoms with Crippen LogP contribution in [0, 0.1) is 17.8 Å². The lowest BCUT2D eigenvalue weighted by molar-refractivity contribution is -0.125. The van der Waals surface area contributed by atoms with Crippen LogP contribution in [0.3, 0.4) is 0 Å². The maximum absolute atomic E-state index is 14.2. The topological polar surface area (TPSA) is 136 Å². The van der Waals surface area contributed by atoms with Gasteiger partial charge in [0.15, 0.2) is 11.5 Å². The van der Waals surface area contributed by atoms with Gasteiger partial charge in [0.2, 0.25) is 5.91 Å². The van der Waals surface area contributed by atoms with E-state index in [1.807, 2.05) is 55.5 Å². The van der Waals surface area contributed by atoms with E-state index in [1.165, 1.54) is 10.9 Å². The first-order valence-corrected chi connectivity index (χ1v) is 14.8. The van der Waals surface area contributed by atoms with E-state index in [2.05, 4.69) is 32.6 Å². The van der Waals surface area contributed by atoms with Crippen LogP contribution in [0.25, 0.3) is 22.1 Å². The number of nitrogen functional groups attached to an aromatic ring is 1. The minimum atomic E-state index is -0.595. The predicted molar refractivity (Wildman–Crippen MR) is 169 cm³/mol. The van der Waals surface area contributed by atoms with Crippen molar-refractivity contribution < 1.29 is 9.59 Å². The number of para-hydroxylation sites is 1. The Bertz CT molecular complexity index is 1980. The fraction of sp³-hybridized carbons (Fsp3) is 0.265. The van der Waals surface area contributed by atoms with Crippen LogP contribution in [0.2, 0.25) is 0 Å². The minimum Gasteiger partial charge on any atom is -0.381 e. The first kappa shape index (κ1) is 28.7. The van der Waals surface area contributed by atoms with Gasteiger partial charge in [-0.2, -0.15) is 0 Å². The molecule has 10 heteroatoms. The molecule has 3 heterocycles. The third kappa shape index (κ3) is 5.64. The molecule has 4 N–H and O–H groups in total. The molecule has 44 heavy (non-hydrogen) atoms. The largest absolute Gasteiger partial charge is 0.381 e. The summed E-state index contributed by atoms with van der Waals surface area (Å²) < 4.78 is 3.05. The SMILES string of the molecule is C[C@H](NC(=O)c1c(N)nn2cccnc12)c1cc2cccc(C#CCNC(=O)C3CCCCC3)c2c(=O)n1-c1ccccc1. The Hall–Kier alpha value is -5.43. The molecule has 5 aromatic rings. The fourth-order valence-corrected chi connectivity index (χ4v) is 5.89. The molecule has 1 saturated carbocycles. The van der Waals surface area contributed by atoms with Gasteiger partial charge in [0.1, 0.15) is 5.56 Å². The standard InChI is InChI=1S/C34H33N7O3/c1-22(38-33(43)29-30(35)39-40-20-10-19-36-31(29)40)27-21-25-14-8-13-23(15-9-18-37-32(42)24-11-4-2-5-12-24)28(25)34(44)41(27)26-16-6-3-7-17-26/h3,6-8,10,13-14,16-17,19-22,24H,2,4-5,11-12,18H2,1H3,(H2,35,39)(H,37,42)(H,38,43)/t22-/m0/s1. The Kier molecular flexibility index (Phi) is 8.10. The molecule has 6 rings (SSSR count). The number of hydrogen-bond acceptors (Lipinski definition) is 6. The number of pyridine rings is 1. The van der Waals surface area contributed by atoms with Gasteiger partial charge in [0.05, 0.1) is 18.0 Å². The molecule has 0 bridgehead atoms. The lowest BCUT2D eigenvalue weighted by atomic mass is 9.89. The molecule has 0 unspecified atom stereocenters. The molecule has 2 amide bonds. The van der Waals surface area contributed by atoms with E-state index < -0.39 is 11.9 Å². The Morgan fingerprint density at radius 3 is 2.66 bits per heavy atom. The highest BCUT2D eigenvalue weighted by atomic mass is 16.2. The van der Waals surface area contributed by atoms with Gasteiger partial charge in [-0.25, -0.2) is 9.50 Å².